The molecule has 2 aliphatic heterocycles. The third-order valence-corrected chi connectivity index (χ3v) is 5.43. The van der Waals surface area contributed by atoms with Crippen molar-refractivity contribution in [2.75, 3.05) is 36.0 Å². The molecule has 2 amide bonds. The Balaban J connectivity index is 1.43. The molecule has 0 aromatic heterocycles. The number of benzene rings is 2. The highest BCUT2D eigenvalue weighted by Crippen LogP contribution is 2.32. The van der Waals surface area contributed by atoms with Crippen LogP contribution in [-0.2, 0) is 15.8 Å². The molecule has 1 atom stereocenters. The Morgan fingerprint density at radius 2 is 1.48 bits per heavy atom. The fraction of sp³-hybridized carbons (Fsp3) is 0.333. The Kier molecular flexibility index (Phi) is 5.04. The molecule has 0 bridgehead atoms. The van der Waals surface area contributed by atoms with Crippen molar-refractivity contribution in [3.05, 3.63) is 60.2 Å². The van der Waals surface area contributed by atoms with E-state index in [0.717, 1.165) is 12.1 Å². The van der Waals surface area contributed by atoms with Crippen LogP contribution in [0.2, 0.25) is 0 Å². The number of piperazine rings is 1. The normalized spacial score (nSPS) is 21.1. The summed E-state index contributed by atoms with van der Waals surface area (Å²) in [5, 5.41) is 0. The van der Waals surface area contributed by atoms with Gasteiger partial charge in [-0.3, -0.25) is 14.5 Å². The average molecular weight is 403 g/mol. The number of hydrogen-bond acceptors (Lipinski definition) is 4. The van der Waals surface area contributed by atoms with E-state index < -0.39 is 17.8 Å². The monoisotopic (exact) mass is 403 g/mol. The van der Waals surface area contributed by atoms with Gasteiger partial charge in [0.05, 0.1) is 23.7 Å². The number of nitrogens with zero attached hydrogens (tertiary/aromatic N) is 3. The second-order valence-corrected chi connectivity index (χ2v) is 7.19. The van der Waals surface area contributed by atoms with E-state index in [0.29, 0.717) is 37.6 Å². The smallest absolute Gasteiger partial charge is 0.369 e. The van der Waals surface area contributed by atoms with Crippen molar-refractivity contribution in [2.45, 2.75) is 18.6 Å². The molecule has 0 aliphatic carbocycles. The number of anilines is 2. The lowest BCUT2D eigenvalue weighted by molar-refractivity contribution is -0.137. The Morgan fingerprint density at radius 3 is 2.14 bits per heavy atom. The van der Waals surface area contributed by atoms with Crippen molar-refractivity contribution >= 4 is 23.2 Å². The van der Waals surface area contributed by atoms with Crippen LogP contribution in [0.3, 0.4) is 0 Å². The molecule has 2 aromatic carbocycles. The molecule has 29 heavy (non-hydrogen) atoms. The summed E-state index contributed by atoms with van der Waals surface area (Å²) < 4.78 is 38.9. The molecular weight excluding hydrogens is 383 g/mol. The van der Waals surface area contributed by atoms with E-state index in [1.54, 1.807) is 30.3 Å². The van der Waals surface area contributed by atoms with E-state index in [-0.39, 0.29) is 18.2 Å². The van der Waals surface area contributed by atoms with Gasteiger partial charge in [0, 0.05) is 31.9 Å². The fourth-order valence-corrected chi connectivity index (χ4v) is 3.92. The number of rotatable bonds is 3. The van der Waals surface area contributed by atoms with Gasteiger partial charge < -0.3 is 4.90 Å². The van der Waals surface area contributed by atoms with Crippen LogP contribution in [0, 0.1) is 0 Å². The van der Waals surface area contributed by atoms with E-state index in [1.165, 1.54) is 11.0 Å². The Labute approximate surface area is 166 Å². The van der Waals surface area contributed by atoms with Crippen LogP contribution >= 0.6 is 0 Å². The van der Waals surface area contributed by atoms with Crippen LogP contribution in [0.1, 0.15) is 12.0 Å². The minimum Gasteiger partial charge on any atom is -0.369 e. The Bertz CT molecular complexity index is 909. The predicted octanol–water partition coefficient (Wildman–Crippen LogP) is 3.16. The van der Waals surface area contributed by atoms with Crippen LogP contribution in [0.25, 0.3) is 0 Å². The molecule has 2 fully saturated rings. The molecule has 2 saturated heterocycles. The van der Waals surface area contributed by atoms with Crippen molar-refractivity contribution in [1.29, 1.82) is 0 Å². The summed E-state index contributed by atoms with van der Waals surface area (Å²) in [6.07, 6.45) is -4.26. The number of amides is 2. The Morgan fingerprint density at radius 1 is 0.828 bits per heavy atom. The van der Waals surface area contributed by atoms with Gasteiger partial charge in [0.15, 0.2) is 0 Å². The van der Waals surface area contributed by atoms with Gasteiger partial charge in [-0.2, -0.15) is 13.2 Å². The van der Waals surface area contributed by atoms with Gasteiger partial charge in [-0.25, -0.2) is 4.90 Å². The highest BCUT2D eigenvalue weighted by Gasteiger charge is 2.43. The molecule has 152 valence electrons. The summed E-state index contributed by atoms with van der Waals surface area (Å²) in [6.45, 7) is 1.99. The molecule has 8 heteroatoms. The van der Waals surface area contributed by atoms with Gasteiger partial charge in [0.1, 0.15) is 0 Å². The maximum atomic E-state index is 13.0. The number of halogens is 3. The SMILES string of the molecule is O=C1C[C@@H](N2CCN(c3cccc(C(F)(F)F)c3)CC2)C(=O)N1c1ccccc1. The maximum Gasteiger partial charge on any atom is 0.416 e. The molecule has 0 N–H and O–H groups in total. The highest BCUT2D eigenvalue weighted by atomic mass is 19.4. The third-order valence-electron chi connectivity index (χ3n) is 5.43. The van der Waals surface area contributed by atoms with Crippen molar-refractivity contribution in [3.63, 3.8) is 0 Å². The number of carbonyl (C=O) groups is 2. The highest BCUT2D eigenvalue weighted by molar-refractivity contribution is 6.22. The summed E-state index contributed by atoms with van der Waals surface area (Å²) in [6, 6.07) is 13.6. The fourth-order valence-electron chi connectivity index (χ4n) is 3.92. The topological polar surface area (TPSA) is 43.9 Å². The van der Waals surface area contributed by atoms with Crippen LogP contribution < -0.4 is 9.80 Å². The van der Waals surface area contributed by atoms with E-state index in [2.05, 4.69) is 0 Å². The molecule has 2 aliphatic rings. The van der Waals surface area contributed by atoms with E-state index in [1.807, 2.05) is 15.9 Å². The van der Waals surface area contributed by atoms with Gasteiger partial charge in [-0.15, -0.1) is 0 Å². The van der Waals surface area contributed by atoms with Crippen LogP contribution in [0.5, 0.6) is 0 Å². The summed E-state index contributed by atoms with van der Waals surface area (Å²) in [4.78, 5) is 30.3. The van der Waals surface area contributed by atoms with Crippen LogP contribution in [0.4, 0.5) is 24.5 Å². The largest absolute Gasteiger partial charge is 0.416 e. The molecule has 2 heterocycles. The predicted molar refractivity (Wildman–Crippen MR) is 103 cm³/mol. The second-order valence-electron chi connectivity index (χ2n) is 7.19. The lowest BCUT2D eigenvalue weighted by Gasteiger charge is -2.38. The van der Waals surface area contributed by atoms with Gasteiger partial charge in [-0.1, -0.05) is 24.3 Å². The van der Waals surface area contributed by atoms with Crippen molar-refractivity contribution in [2.24, 2.45) is 0 Å². The summed E-state index contributed by atoms with van der Waals surface area (Å²) in [7, 11) is 0. The number of alkyl halides is 3. The molecular formula is C21H20F3N3O2. The van der Waals surface area contributed by atoms with Crippen LogP contribution in [0.15, 0.2) is 54.6 Å². The first-order valence-electron chi connectivity index (χ1n) is 9.43. The quantitative estimate of drug-likeness (QED) is 0.739. The lowest BCUT2D eigenvalue weighted by atomic mass is 10.1. The van der Waals surface area contributed by atoms with Gasteiger partial charge >= 0.3 is 6.18 Å². The minimum absolute atomic E-state index is 0.122. The first-order valence-corrected chi connectivity index (χ1v) is 9.43. The third kappa shape index (κ3) is 3.85. The standard InChI is InChI=1S/C21H20F3N3O2/c22-21(23,24)15-5-4-8-17(13-15)25-9-11-26(12-10-25)18-14-19(28)27(20(18)29)16-6-2-1-3-7-16/h1-8,13,18H,9-12,14H2/t18-/m1/s1. The minimum atomic E-state index is -4.38. The van der Waals surface area contributed by atoms with E-state index >= 15 is 0 Å². The first-order chi connectivity index (χ1) is 13.8. The first kappa shape index (κ1) is 19.4. The molecule has 0 radical (unpaired) electrons. The number of hydrogen-bond donors (Lipinski definition) is 0. The zero-order valence-corrected chi connectivity index (χ0v) is 15.6. The maximum absolute atomic E-state index is 13.0. The van der Waals surface area contributed by atoms with Gasteiger partial charge in [0.2, 0.25) is 5.91 Å². The number of para-hydroxylation sites is 1. The second kappa shape index (κ2) is 7.51. The lowest BCUT2D eigenvalue weighted by Crippen LogP contribution is -2.52. The van der Waals surface area contributed by atoms with E-state index in [9.17, 15) is 22.8 Å². The van der Waals surface area contributed by atoms with Crippen molar-refractivity contribution in [3.8, 4) is 0 Å². The summed E-state index contributed by atoms with van der Waals surface area (Å²) in [5.74, 6) is -0.472. The summed E-state index contributed by atoms with van der Waals surface area (Å²) in [5.41, 5.74) is 0.402. The van der Waals surface area contributed by atoms with Crippen molar-refractivity contribution < 1.29 is 22.8 Å². The zero-order chi connectivity index (χ0) is 20.6. The van der Waals surface area contributed by atoms with E-state index in [4.69, 9.17) is 0 Å². The van der Waals surface area contributed by atoms with Gasteiger partial charge in [-0.05, 0) is 30.3 Å². The Hall–Kier alpha value is -2.87. The molecule has 0 unspecified atom stereocenters. The van der Waals surface area contributed by atoms with Crippen LogP contribution in [-0.4, -0.2) is 48.9 Å². The van der Waals surface area contributed by atoms with Crippen molar-refractivity contribution in [1.82, 2.24) is 4.90 Å². The number of carbonyl (C=O) groups excluding carboxylic acids is 2. The van der Waals surface area contributed by atoms with Gasteiger partial charge in [0.25, 0.3) is 5.91 Å². The molecule has 0 spiro atoms. The molecule has 0 saturated carbocycles. The average Bonchev–Trinajstić information content (AvgIpc) is 3.02. The zero-order valence-electron chi connectivity index (χ0n) is 15.6. The molecule has 2 aromatic rings. The molecule has 5 nitrogen and oxygen atoms in total. The molecule has 4 rings (SSSR count). The summed E-state index contributed by atoms with van der Waals surface area (Å²) >= 11 is 0. The number of imide groups is 1.